The number of hydrogen-bond donors (Lipinski definition) is 3. The Bertz CT molecular complexity index is 1020. The van der Waals surface area contributed by atoms with Crippen molar-refractivity contribution in [2.75, 3.05) is 36.6 Å². The fourth-order valence-electron chi connectivity index (χ4n) is 2.39. The summed E-state index contributed by atoms with van der Waals surface area (Å²) in [6, 6.07) is 14.5. The van der Waals surface area contributed by atoms with Crippen molar-refractivity contribution < 1.29 is 14.3 Å². The van der Waals surface area contributed by atoms with Gasteiger partial charge in [-0.05, 0) is 36.4 Å². The maximum Gasteiger partial charge on any atom is 0.264 e. The molecule has 0 atom stereocenters. The number of ether oxygens (including phenoxy) is 2. The van der Waals surface area contributed by atoms with Crippen LogP contribution in [-0.2, 0) is 4.79 Å². The Morgan fingerprint density at radius 2 is 1.93 bits per heavy atom. The second kappa shape index (κ2) is 10.2. The van der Waals surface area contributed by atoms with E-state index < -0.39 is 0 Å². The first-order chi connectivity index (χ1) is 14.6. The van der Waals surface area contributed by atoms with Crippen LogP contribution < -0.4 is 26.1 Å². The smallest absolute Gasteiger partial charge is 0.264 e. The number of carbonyl (C=O) groups is 1. The van der Waals surface area contributed by atoms with Crippen molar-refractivity contribution in [3.63, 3.8) is 0 Å². The van der Waals surface area contributed by atoms with Gasteiger partial charge in [-0.2, -0.15) is 5.10 Å². The summed E-state index contributed by atoms with van der Waals surface area (Å²) in [7, 11) is 3.17. The summed E-state index contributed by atoms with van der Waals surface area (Å²) in [5, 5.41) is 15.2. The summed E-state index contributed by atoms with van der Waals surface area (Å²) in [4.78, 5) is 12.1. The molecule has 1 aromatic heterocycles. The van der Waals surface area contributed by atoms with Crippen LogP contribution in [0.5, 0.6) is 11.5 Å². The van der Waals surface area contributed by atoms with Gasteiger partial charge in [-0.1, -0.05) is 23.9 Å². The molecule has 0 saturated carbocycles. The largest absolute Gasteiger partial charge is 0.497 e. The van der Waals surface area contributed by atoms with Gasteiger partial charge >= 0.3 is 0 Å². The fraction of sp³-hybridized carbons (Fsp3) is 0.158. The van der Waals surface area contributed by atoms with E-state index in [2.05, 4.69) is 26.0 Å². The maximum absolute atomic E-state index is 12.1. The highest BCUT2D eigenvalue weighted by atomic mass is 32.2. The van der Waals surface area contributed by atoms with Crippen molar-refractivity contribution in [2.24, 2.45) is 5.10 Å². The zero-order valence-corrected chi connectivity index (χ0v) is 17.2. The predicted molar refractivity (Wildman–Crippen MR) is 117 cm³/mol. The number of rotatable bonds is 9. The van der Waals surface area contributed by atoms with Crippen LogP contribution in [0.25, 0.3) is 0 Å². The van der Waals surface area contributed by atoms with Crippen LogP contribution in [0.2, 0.25) is 0 Å². The van der Waals surface area contributed by atoms with Gasteiger partial charge in [0.25, 0.3) is 5.95 Å². The molecule has 156 valence electrons. The second-order valence-electron chi connectivity index (χ2n) is 5.85. The molecule has 0 radical (unpaired) electrons. The SMILES string of the molecule is COc1ccc(NC(=O)CSc2nnc(N/N=C/c3ccccc3OC)n2N)cc1. The number of para-hydroxylation sites is 1. The number of hydrogen-bond acceptors (Lipinski definition) is 9. The lowest BCUT2D eigenvalue weighted by Crippen LogP contribution is -2.16. The van der Waals surface area contributed by atoms with Gasteiger partial charge in [-0.25, -0.2) is 10.1 Å². The third-order valence-corrected chi connectivity index (χ3v) is 4.82. The summed E-state index contributed by atoms with van der Waals surface area (Å²) < 4.78 is 11.6. The summed E-state index contributed by atoms with van der Waals surface area (Å²) in [5.74, 6) is 7.53. The predicted octanol–water partition coefficient (Wildman–Crippen LogP) is 2.19. The molecule has 3 rings (SSSR count). The summed E-state index contributed by atoms with van der Waals surface area (Å²) in [6.07, 6.45) is 1.59. The lowest BCUT2D eigenvalue weighted by atomic mass is 10.2. The molecule has 0 fully saturated rings. The minimum absolute atomic E-state index is 0.117. The Morgan fingerprint density at radius 1 is 1.17 bits per heavy atom. The fourth-order valence-corrected chi connectivity index (χ4v) is 3.04. The lowest BCUT2D eigenvalue weighted by molar-refractivity contribution is -0.113. The van der Waals surface area contributed by atoms with Gasteiger partial charge in [-0.15, -0.1) is 10.2 Å². The van der Waals surface area contributed by atoms with Gasteiger partial charge < -0.3 is 20.6 Å². The molecule has 4 N–H and O–H groups in total. The Morgan fingerprint density at radius 3 is 2.67 bits per heavy atom. The third-order valence-electron chi connectivity index (χ3n) is 3.88. The third kappa shape index (κ3) is 5.41. The van der Waals surface area contributed by atoms with E-state index in [1.54, 1.807) is 44.7 Å². The van der Waals surface area contributed by atoms with Gasteiger partial charge in [0, 0.05) is 11.3 Å². The van der Waals surface area contributed by atoms with E-state index in [1.165, 1.54) is 4.68 Å². The van der Waals surface area contributed by atoms with Crippen LogP contribution in [0.3, 0.4) is 0 Å². The number of hydrazone groups is 1. The number of methoxy groups -OCH3 is 2. The molecular weight excluding hydrogens is 406 g/mol. The van der Waals surface area contributed by atoms with Crippen LogP contribution in [-0.4, -0.2) is 47.0 Å². The zero-order chi connectivity index (χ0) is 21.3. The molecule has 0 bridgehead atoms. The number of benzene rings is 2. The average molecular weight is 427 g/mol. The molecule has 1 amide bonds. The zero-order valence-electron chi connectivity index (χ0n) is 16.4. The van der Waals surface area contributed by atoms with E-state index in [0.29, 0.717) is 22.3 Å². The first kappa shape index (κ1) is 21.0. The molecule has 0 aliphatic heterocycles. The van der Waals surface area contributed by atoms with E-state index in [1.807, 2.05) is 24.3 Å². The van der Waals surface area contributed by atoms with Crippen molar-refractivity contribution in [3.05, 3.63) is 54.1 Å². The standard InChI is InChI=1S/C19H21N7O3S/c1-28-15-9-7-14(8-10-15)22-17(27)12-30-19-25-24-18(26(19)20)23-21-11-13-5-3-4-6-16(13)29-2/h3-11H,12,20H2,1-2H3,(H,22,27)(H,23,24)/b21-11+. The van der Waals surface area contributed by atoms with Crippen LogP contribution in [0.4, 0.5) is 11.6 Å². The van der Waals surface area contributed by atoms with Crippen LogP contribution in [0.15, 0.2) is 58.8 Å². The molecular formula is C19H21N7O3S. The number of amides is 1. The van der Waals surface area contributed by atoms with Gasteiger partial charge in [0.1, 0.15) is 11.5 Å². The summed E-state index contributed by atoms with van der Waals surface area (Å²) in [6.45, 7) is 0. The minimum atomic E-state index is -0.197. The average Bonchev–Trinajstić information content (AvgIpc) is 3.12. The maximum atomic E-state index is 12.1. The van der Waals surface area contributed by atoms with Gasteiger partial charge in [0.2, 0.25) is 11.1 Å². The van der Waals surface area contributed by atoms with Crippen LogP contribution in [0, 0.1) is 0 Å². The first-order valence-electron chi connectivity index (χ1n) is 8.80. The molecule has 30 heavy (non-hydrogen) atoms. The number of nitrogens with two attached hydrogens (primary N) is 1. The van der Waals surface area contributed by atoms with Crippen LogP contribution >= 0.6 is 11.8 Å². The number of nitrogens with zero attached hydrogens (tertiary/aromatic N) is 4. The monoisotopic (exact) mass is 427 g/mol. The molecule has 2 aromatic carbocycles. The van der Waals surface area contributed by atoms with Gasteiger partial charge in [0.15, 0.2) is 0 Å². The second-order valence-corrected chi connectivity index (χ2v) is 6.80. The molecule has 0 unspecified atom stereocenters. The van der Waals surface area contributed by atoms with E-state index in [4.69, 9.17) is 15.3 Å². The van der Waals surface area contributed by atoms with E-state index in [9.17, 15) is 4.79 Å². The quantitative estimate of drug-likeness (QED) is 0.205. The van der Waals surface area contributed by atoms with Crippen molar-refractivity contribution >= 4 is 35.5 Å². The topological polar surface area (TPSA) is 129 Å². The van der Waals surface area contributed by atoms with Crippen LogP contribution in [0.1, 0.15) is 5.56 Å². The number of thioether (sulfide) groups is 1. The Hall–Kier alpha value is -3.73. The van der Waals surface area contributed by atoms with Crippen molar-refractivity contribution in [1.82, 2.24) is 14.9 Å². The van der Waals surface area contributed by atoms with Crippen molar-refractivity contribution in [2.45, 2.75) is 5.16 Å². The normalized spacial score (nSPS) is 10.7. The van der Waals surface area contributed by atoms with Crippen molar-refractivity contribution in [3.8, 4) is 11.5 Å². The number of aromatic nitrogens is 3. The molecule has 0 saturated heterocycles. The molecule has 1 heterocycles. The Labute approximate surface area is 177 Å². The first-order valence-corrected chi connectivity index (χ1v) is 9.78. The Kier molecular flexibility index (Phi) is 7.11. The minimum Gasteiger partial charge on any atom is -0.497 e. The van der Waals surface area contributed by atoms with Gasteiger partial charge in [0.05, 0.1) is 26.2 Å². The van der Waals surface area contributed by atoms with Gasteiger partial charge in [-0.3, -0.25) is 4.79 Å². The molecule has 0 aliphatic carbocycles. The van der Waals surface area contributed by atoms with E-state index >= 15 is 0 Å². The molecule has 0 spiro atoms. The molecule has 0 aliphatic rings. The molecule has 11 heteroatoms. The van der Waals surface area contributed by atoms with E-state index in [-0.39, 0.29) is 17.6 Å². The molecule has 3 aromatic rings. The van der Waals surface area contributed by atoms with Crippen molar-refractivity contribution in [1.29, 1.82) is 0 Å². The number of nitrogen functional groups attached to an aromatic ring is 1. The Balaban J connectivity index is 1.53. The van der Waals surface area contributed by atoms with E-state index in [0.717, 1.165) is 17.3 Å². The summed E-state index contributed by atoms with van der Waals surface area (Å²) >= 11 is 1.15. The highest BCUT2D eigenvalue weighted by Gasteiger charge is 2.12. The lowest BCUT2D eigenvalue weighted by Gasteiger charge is -2.06. The number of nitrogens with one attached hydrogen (secondary N) is 2. The summed E-state index contributed by atoms with van der Waals surface area (Å²) in [5.41, 5.74) is 4.19. The highest BCUT2D eigenvalue weighted by Crippen LogP contribution is 2.19. The molecule has 10 nitrogen and oxygen atoms in total. The highest BCUT2D eigenvalue weighted by molar-refractivity contribution is 7.99. The number of anilines is 2. The number of carbonyl (C=O) groups excluding carboxylic acids is 1.